The molecule has 0 radical (unpaired) electrons. The van der Waals surface area contributed by atoms with Crippen molar-refractivity contribution in [3.63, 3.8) is 0 Å². The molecule has 1 aromatic carbocycles. The van der Waals surface area contributed by atoms with Crippen molar-refractivity contribution in [2.24, 2.45) is 5.41 Å². The standard InChI is InChI=1S/C18H21Cl3N2O3/c1-17(11-18(17,20)21)16(25)23-9-7-22(8-10-23)14(15(24)26-2)12-3-5-13(19)6-4-12/h3-6,14H,7-11H2,1-2H3/t14-,17+/m0/s1. The van der Waals surface area contributed by atoms with Crippen molar-refractivity contribution in [3.8, 4) is 0 Å². The first-order valence-corrected chi connectivity index (χ1v) is 9.57. The molecule has 1 saturated heterocycles. The summed E-state index contributed by atoms with van der Waals surface area (Å²) in [4.78, 5) is 28.9. The molecular formula is C18H21Cl3N2O3. The van der Waals surface area contributed by atoms with Gasteiger partial charge in [0.25, 0.3) is 0 Å². The number of hydrogen-bond acceptors (Lipinski definition) is 4. The van der Waals surface area contributed by atoms with E-state index in [4.69, 9.17) is 39.5 Å². The Morgan fingerprint density at radius 3 is 2.12 bits per heavy atom. The zero-order valence-corrected chi connectivity index (χ0v) is 16.9. The van der Waals surface area contributed by atoms with Crippen LogP contribution >= 0.6 is 34.8 Å². The second-order valence-corrected chi connectivity index (χ2v) is 8.94. The minimum Gasteiger partial charge on any atom is -0.468 e. The third-order valence-corrected chi connectivity index (χ3v) is 6.66. The molecule has 2 aliphatic rings. The van der Waals surface area contributed by atoms with Crippen LogP contribution in [0.5, 0.6) is 0 Å². The van der Waals surface area contributed by atoms with Crippen LogP contribution in [0.4, 0.5) is 0 Å². The van der Waals surface area contributed by atoms with Crippen LogP contribution in [0.3, 0.4) is 0 Å². The molecule has 2 atom stereocenters. The lowest BCUT2D eigenvalue weighted by Gasteiger charge is -2.39. The fourth-order valence-corrected chi connectivity index (χ4v) is 4.24. The van der Waals surface area contributed by atoms with Crippen molar-refractivity contribution in [2.75, 3.05) is 33.3 Å². The fraction of sp³-hybridized carbons (Fsp3) is 0.556. The minimum absolute atomic E-state index is 0.0248. The normalized spacial score (nSPS) is 26.3. The Labute approximate surface area is 168 Å². The molecule has 8 heteroatoms. The number of carbonyl (C=O) groups is 2. The minimum atomic E-state index is -0.973. The topological polar surface area (TPSA) is 49.9 Å². The summed E-state index contributed by atoms with van der Waals surface area (Å²) < 4.78 is 4.01. The van der Waals surface area contributed by atoms with Gasteiger partial charge in [-0.1, -0.05) is 23.7 Å². The van der Waals surface area contributed by atoms with Crippen molar-refractivity contribution in [3.05, 3.63) is 34.9 Å². The number of alkyl halides is 2. The highest BCUT2D eigenvalue weighted by Gasteiger charge is 2.68. The first-order chi connectivity index (χ1) is 12.2. The molecule has 1 heterocycles. The molecule has 1 saturated carbocycles. The maximum Gasteiger partial charge on any atom is 0.327 e. The lowest BCUT2D eigenvalue weighted by molar-refractivity contribution is -0.149. The SMILES string of the molecule is COC(=O)[C@H](c1ccc(Cl)cc1)N1CCN(C(=O)[C@@]2(C)CC2(Cl)Cl)CC1. The van der Waals surface area contributed by atoms with Crippen molar-refractivity contribution in [1.82, 2.24) is 9.80 Å². The predicted molar refractivity (Wildman–Crippen MR) is 102 cm³/mol. The van der Waals surface area contributed by atoms with Crippen LogP contribution in [0, 0.1) is 5.41 Å². The lowest BCUT2D eigenvalue weighted by Crippen LogP contribution is -2.53. The molecule has 1 aliphatic heterocycles. The quantitative estimate of drug-likeness (QED) is 0.555. The van der Waals surface area contributed by atoms with Crippen LogP contribution in [-0.2, 0) is 14.3 Å². The van der Waals surface area contributed by atoms with E-state index in [1.165, 1.54) is 7.11 Å². The van der Waals surface area contributed by atoms with Crippen LogP contribution in [-0.4, -0.2) is 59.3 Å². The number of nitrogens with zero attached hydrogens (tertiary/aromatic N) is 2. The summed E-state index contributed by atoms with van der Waals surface area (Å²) in [6.07, 6.45) is 0.470. The van der Waals surface area contributed by atoms with Crippen LogP contribution < -0.4 is 0 Å². The Kier molecular flexibility index (Phi) is 5.46. The molecule has 1 aliphatic carbocycles. The molecule has 26 heavy (non-hydrogen) atoms. The summed E-state index contributed by atoms with van der Waals surface area (Å²) in [7, 11) is 1.37. The van der Waals surface area contributed by atoms with Gasteiger partial charge in [-0.2, -0.15) is 0 Å². The van der Waals surface area contributed by atoms with Crippen molar-refractivity contribution in [1.29, 1.82) is 0 Å². The van der Waals surface area contributed by atoms with Crippen molar-refractivity contribution in [2.45, 2.75) is 23.7 Å². The molecule has 0 N–H and O–H groups in total. The van der Waals surface area contributed by atoms with E-state index in [-0.39, 0.29) is 11.9 Å². The number of amides is 1. The first-order valence-electron chi connectivity index (χ1n) is 8.44. The summed E-state index contributed by atoms with van der Waals surface area (Å²) in [6, 6.07) is 6.62. The second kappa shape index (κ2) is 7.19. The van der Waals surface area contributed by atoms with Gasteiger partial charge < -0.3 is 9.64 Å². The van der Waals surface area contributed by atoms with Crippen LogP contribution in [0.1, 0.15) is 24.9 Å². The Morgan fingerprint density at radius 2 is 1.65 bits per heavy atom. The molecule has 0 unspecified atom stereocenters. The van der Waals surface area contributed by atoms with Gasteiger partial charge in [-0.25, -0.2) is 4.79 Å². The number of methoxy groups -OCH3 is 1. The Balaban J connectivity index is 1.69. The summed E-state index contributed by atoms with van der Waals surface area (Å²) >= 11 is 18.2. The third-order valence-electron chi connectivity index (χ3n) is 5.31. The highest BCUT2D eigenvalue weighted by molar-refractivity contribution is 6.53. The maximum atomic E-state index is 12.7. The first kappa shape index (κ1) is 19.7. The van der Waals surface area contributed by atoms with Gasteiger partial charge in [-0.15, -0.1) is 23.2 Å². The molecule has 1 amide bonds. The van der Waals surface area contributed by atoms with Crippen LogP contribution in [0.2, 0.25) is 5.02 Å². The molecule has 3 rings (SSSR count). The van der Waals surface area contributed by atoms with Crippen LogP contribution in [0.25, 0.3) is 0 Å². The summed E-state index contributed by atoms with van der Waals surface area (Å²) in [5.74, 6) is -0.356. The molecule has 0 aromatic heterocycles. The van der Waals surface area contributed by atoms with Crippen molar-refractivity contribution < 1.29 is 14.3 Å². The highest BCUT2D eigenvalue weighted by Crippen LogP contribution is 2.64. The Hall–Kier alpha value is -1.01. The smallest absolute Gasteiger partial charge is 0.327 e. The molecular weight excluding hydrogens is 399 g/mol. The average molecular weight is 420 g/mol. The van der Waals surface area contributed by atoms with Gasteiger partial charge in [0.1, 0.15) is 10.4 Å². The molecule has 142 valence electrons. The van der Waals surface area contributed by atoms with Gasteiger partial charge >= 0.3 is 5.97 Å². The van der Waals surface area contributed by atoms with E-state index in [2.05, 4.69) is 0 Å². The van der Waals surface area contributed by atoms with Gasteiger partial charge in [0.15, 0.2) is 0 Å². The number of hydrogen-bond donors (Lipinski definition) is 0. The van der Waals surface area contributed by atoms with Gasteiger partial charge in [0, 0.05) is 31.2 Å². The molecule has 2 fully saturated rings. The van der Waals surface area contributed by atoms with Gasteiger partial charge in [-0.3, -0.25) is 9.69 Å². The number of esters is 1. The number of benzene rings is 1. The van der Waals surface area contributed by atoms with E-state index in [9.17, 15) is 9.59 Å². The van der Waals surface area contributed by atoms with E-state index in [0.29, 0.717) is 37.6 Å². The molecule has 5 nitrogen and oxygen atoms in total. The van der Waals surface area contributed by atoms with E-state index in [1.54, 1.807) is 24.0 Å². The molecule has 0 spiro atoms. The van der Waals surface area contributed by atoms with Crippen LogP contribution in [0.15, 0.2) is 24.3 Å². The predicted octanol–water partition coefficient (Wildman–Crippen LogP) is 3.28. The lowest BCUT2D eigenvalue weighted by atomic mass is 10.0. The maximum absolute atomic E-state index is 12.7. The van der Waals surface area contributed by atoms with Gasteiger partial charge in [0.2, 0.25) is 5.91 Å². The number of carbonyl (C=O) groups excluding carboxylic acids is 2. The third kappa shape index (κ3) is 3.55. The fourth-order valence-electron chi connectivity index (χ4n) is 3.42. The second-order valence-electron chi connectivity index (χ2n) is 7.02. The number of piperazine rings is 1. The summed E-state index contributed by atoms with van der Waals surface area (Å²) in [5, 5.41) is 0.607. The zero-order chi connectivity index (χ0) is 19.1. The van der Waals surface area contributed by atoms with E-state index in [0.717, 1.165) is 5.56 Å². The molecule has 1 aromatic rings. The summed E-state index contributed by atoms with van der Waals surface area (Å²) in [5.41, 5.74) is 0.103. The van der Waals surface area contributed by atoms with E-state index in [1.807, 2.05) is 17.0 Å². The Morgan fingerprint density at radius 1 is 1.12 bits per heavy atom. The highest BCUT2D eigenvalue weighted by atomic mass is 35.5. The van der Waals surface area contributed by atoms with Gasteiger partial charge in [-0.05, 0) is 31.0 Å². The van der Waals surface area contributed by atoms with E-state index < -0.39 is 15.8 Å². The van der Waals surface area contributed by atoms with E-state index >= 15 is 0 Å². The largest absolute Gasteiger partial charge is 0.468 e. The number of halogens is 3. The molecule has 0 bridgehead atoms. The summed E-state index contributed by atoms with van der Waals surface area (Å²) in [6.45, 7) is 3.94. The zero-order valence-electron chi connectivity index (χ0n) is 14.7. The number of rotatable bonds is 4. The number of ether oxygens (including phenoxy) is 1. The monoisotopic (exact) mass is 418 g/mol. The Bertz CT molecular complexity index is 702. The van der Waals surface area contributed by atoms with Gasteiger partial charge in [0.05, 0.1) is 12.5 Å². The average Bonchev–Trinajstić information content (AvgIpc) is 3.15. The van der Waals surface area contributed by atoms with Crippen molar-refractivity contribution >= 4 is 46.7 Å².